The Morgan fingerprint density at radius 3 is 1.62 bits per heavy atom. The highest BCUT2D eigenvalue weighted by atomic mass is 16.2. The predicted octanol–water partition coefficient (Wildman–Crippen LogP) is 0.791. The van der Waals surface area contributed by atoms with Crippen LogP contribution in [-0.2, 0) is 9.59 Å². The Morgan fingerprint density at radius 2 is 1.31 bits per heavy atom. The van der Waals surface area contributed by atoms with Gasteiger partial charge in [-0.3, -0.25) is 9.59 Å². The summed E-state index contributed by atoms with van der Waals surface area (Å²) in [6, 6.07) is 0. The van der Waals surface area contributed by atoms with E-state index >= 15 is 0 Å². The lowest BCUT2D eigenvalue weighted by Gasteiger charge is -2.00. The second-order valence-electron chi connectivity index (χ2n) is 3.05. The van der Waals surface area contributed by atoms with Crippen LogP contribution in [0.1, 0.15) is 39.5 Å². The fraction of sp³-hybridized carbons (Fsp3) is 0.600. The molecule has 0 aliphatic heterocycles. The van der Waals surface area contributed by atoms with Gasteiger partial charge in [-0.2, -0.15) is 10.2 Å². The Kier molecular flexibility index (Phi) is 8.76. The first-order chi connectivity index (χ1) is 7.70. The summed E-state index contributed by atoms with van der Waals surface area (Å²) < 4.78 is 0. The van der Waals surface area contributed by atoms with Crippen LogP contribution in [-0.4, -0.2) is 24.2 Å². The van der Waals surface area contributed by atoms with E-state index in [4.69, 9.17) is 0 Å². The molecule has 0 aliphatic carbocycles. The van der Waals surface area contributed by atoms with Gasteiger partial charge in [0.05, 0.1) is 0 Å². The lowest BCUT2D eigenvalue weighted by molar-refractivity contribution is -0.123. The number of hydrogen-bond donors (Lipinski definition) is 2. The molecule has 0 fully saturated rings. The van der Waals surface area contributed by atoms with E-state index in [9.17, 15) is 9.59 Å². The van der Waals surface area contributed by atoms with Crippen LogP contribution < -0.4 is 10.9 Å². The van der Waals surface area contributed by atoms with Gasteiger partial charge in [0.15, 0.2) is 0 Å². The minimum Gasteiger partial charge on any atom is -0.273 e. The van der Waals surface area contributed by atoms with E-state index in [1.807, 2.05) is 0 Å². The predicted molar refractivity (Wildman–Crippen MR) is 63.1 cm³/mol. The van der Waals surface area contributed by atoms with E-state index < -0.39 is 0 Å². The largest absolute Gasteiger partial charge is 0.273 e. The smallest absolute Gasteiger partial charge is 0.240 e. The molecule has 0 bridgehead atoms. The Bertz CT molecular complexity index is 246. The summed E-state index contributed by atoms with van der Waals surface area (Å²) in [5.41, 5.74) is 4.72. The molecule has 0 radical (unpaired) electrons. The molecule has 2 amide bonds. The fourth-order valence-electron chi connectivity index (χ4n) is 0.956. The average Bonchev–Trinajstić information content (AvgIpc) is 2.29. The second kappa shape index (κ2) is 9.82. The first kappa shape index (κ1) is 14.3. The van der Waals surface area contributed by atoms with E-state index in [1.54, 1.807) is 13.8 Å². The number of unbranched alkanes of at least 4 members (excludes halogenated alkanes) is 1. The number of nitrogens with one attached hydrogen (secondary N) is 2. The molecular weight excluding hydrogens is 208 g/mol. The van der Waals surface area contributed by atoms with Crippen LogP contribution in [0.2, 0.25) is 0 Å². The third-order valence-electron chi connectivity index (χ3n) is 1.69. The highest BCUT2D eigenvalue weighted by Crippen LogP contribution is 1.99. The van der Waals surface area contributed by atoms with Crippen molar-refractivity contribution in [3.8, 4) is 0 Å². The number of hydrogen-bond acceptors (Lipinski definition) is 4. The fourth-order valence-corrected chi connectivity index (χ4v) is 0.956. The summed E-state index contributed by atoms with van der Waals surface area (Å²) in [4.78, 5) is 22.1. The lowest BCUT2D eigenvalue weighted by atomic mass is 10.2. The summed E-state index contributed by atoms with van der Waals surface area (Å²) in [6.07, 6.45) is 5.09. The van der Waals surface area contributed by atoms with Crippen molar-refractivity contribution in [2.45, 2.75) is 39.5 Å². The van der Waals surface area contributed by atoms with Gasteiger partial charge in [0.25, 0.3) is 0 Å². The molecule has 0 heterocycles. The third kappa shape index (κ3) is 8.86. The lowest BCUT2D eigenvalue weighted by Crippen LogP contribution is -2.18. The van der Waals surface area contributed by atoms with Crippen molar-refractivity contribution < 1.29 is 9.59 Å². The normalized spacial score (nSPS) is 10.9. The average molecular weight is 226 g/mol. The summed E-state index contributed by atoms with van der Waals surface area (Å²) in [6.45, 7) is 3.44. The monoisotopic (exact) mass is 226 g/mol. The summed E-state index contributed by atoms with van der Waals surface area (Å²) in [7, 11) is 0. The molecule has 16 heavy (non-hydrogen) atoms. The van der Waals surface area contributed by atoms with Gasteiger partial charge in [-0.05, 0) is 26.7 Å². The van der Waals surface area contributed by atoms with E-state index in [0.717, 1.165) is 0 Å². The number of amides is 2. The van der Waals surface area contributed by atoms with Gasteiger partial charge >= 0.3 is 0 Å². The molecule has 0 aromatic carbocycles. The number of carbonyl (C=O) groups excluding carboxylic acids is 2. The van der Waals surface area contributed by atoms with E-state index in [0.29, 0.717) is 25.7 Å². The zero-order valence-electron chi connectivity index (χ0n) is 9.69. The molecule has 0 spiro atoms. The van der Waals surface area contributed by atoms with Crippen LogP contribution in [0, 0.1) is 0 Å². The van der Waals surface area contributed by atoms with Crippen molar-refractivity contribution in [2.75, 3.05) is 0 Å². The maximum absolute atomic E-state index is 11.1. The molecule has 6 heteroatoms. The maximum atomic E-state index is 11.1. The van der Waals surface area contributed by atoms with E-state index in [1.165, 1.54) is 12.4 Å². The SMILES string of the molecule is C/C=N/NC(=O)CCCCC(=O)N/N=C/C. The van der Waals surface area contributed by atoms with Crippen molar-refractivity contribution in [1.29, 1.82) is 0 Å². The van der Waals surface area contributed by atoms with Crippen LogP contribution in [0.3, 0.4) is 0 Å². The first-order valence-electron chi connectivity index (χ1n) is 5.23. The van der Waals surface area contributed by atoms with Crippen LogP contribution in [0.5, 0.6) is 0 Å². The molecule has 2 N–H and O–H groups in total. The number of hydrazone groups is 2. The van der Waals surface area contributed by atoms with Gasteiger partial charge in [0, 0.05) is 25.3 Å². The Hall–Kier alpha value is -1.72. The quantitative estimate of drug-likeness (QED) is 0.382. The van der Waals surface area contributed by atoms with Gasteiger partial charge in [-0.25, -0.2) is 10.9 Å². The molecule has 90 valence electrons. The zero-order chi connectivity index (χ0) is 12.2. The van der Waals surface area contributed by atoms with Crippen LogP contribution in [0.4, 0.5) is 0 Å². The van der Waals surface area contributed by atoms with Gasteiger partial charge < -0.3 is 0 Å². The highest BCUT2D eigenvalue weighted by Gasteiger charge is 2.02. The number of rotatable bonds is 7. The molecule has 0 unspecified atom stereocenters. The van der Waals surface area contributed by atoms with Crippen molar-refractivity contribution in [3.63, 3.8) is 0 Å². The van der Waals surface area contributed by atoms with Crippen LogP contribution >= 0.6 is 0 Å². The Labute approximate surface area is 95.2 Å². The van der Waals surface area contributed by atoms with E-state index in [2.05, 4.69) is 21.1 Å². The molecule has 0 atom stereocenters. The molecule has 6 nitrogen and oxygen atoms in total. The molecule has 0 aliphatic rings. The molecular formula is C10H18N4O2. The molecule has 0 aromatic rings. The molecule has 0 aromatic heterocycles. The first-order valence-corrected chi connectivity index (χ1v) is 5.23. The second-order valence-corrected chi connectivity index (χ2v) is 3.05. The van der Waals surface area contributed by atoms with Gasteiger partial charge in [0.2, 0.25) is 11.8 Å². The number of carbonyl (C=O) groups is 2. The molecule has 0 rings (SSSR count). The maximum Gasteiger partial charge on any atom is 0.240 e. The van der Waals surface area contributed by atoms with Crippen LogP contribution in [0.25, 0.3) is 0 Å². The standard InChI is InChI=1S/C10H18N4O2/c1-3-11-13-9(15)7-5-6-8-10(16)14-12-4-2/h3-4H,5-8H2,1-2H3,(H,13,15)(H,14,16)/b11-3+,12-4+. The summed E-state index contributed by atoms with van der Waals surface area (Å²) >= 11 is 0. The Morgan fingerprint density at radius 1 is 0.938 bits per heavy atom. The van der Waals surface area contributed by atoms with Crippen molar-refractivity contribution in [1.82, 2.24) is 10.9 Å². The topological polar surface area (TPSA) is 82.9 Å². The van der Waals surface area contributed by atoms with Crippen molar-refractivity contribution in [3.05, 3.63) is 0 Å². The van der Waals surface area contributed by atoms with Gasteiger partial charge in [0.1, 0.15) is 0 Å². The zero-order valence-corrected chi connectivity index (χ0v) is 9.69. The minimum absolute atomic E-state index is 0.134. The van der Waals surface area contributed by atoms with Crippen molar-refractivity contribution >= 4 is 24.2 Å². The highest BCUT2D eigenvalue weighted by molar-refractivity contribution is 5.77. The van der Waals surface area contributed by atoms with Gasteiger partial charge in [-0.1, -0.05) is 0 Å². The van der Waals surface area contributed by atoms with Crippen molar-refractivity contribution in [2.24, 2.45) is 10.2 Å². The third-order valence-corrected chi connectivity index (χ3v) is 1.69. The summed E-state index contributed by atoms with van der Waals surface area (Å²) in [5.74, 6) is -0.268. The Balaban J connectivity index is 3.45. The number of nitrogens with zero attached hydrogens (tertiary/aromatic N) is 2. The minimum atomic E-state index is -0.134. The van der Waals surface area contributed by atoms with Gasteiger partial charge in [-0.15, -0.1) is 0 Å². The molecule has 0 saturated heterocycles. The van der Waals surface area contributed by atoms with E-state index in [-0.39, 0.29) is 11.8 Å². The van der Waals surface area contributed by atoms with Crippen LogP contribution in [0.15, 0.2) is 10.2 Å². The molecule has 0 saturated carbocycles. The summed E-state index contributed by atoms with van der Waals surface area (Å²) in [5, 5.41) is 7.21.